The number of fused-ring (bicyclic) bond motifs is 1. The average Bonchev–Trinajstić information content (AvgIpc) is 3.43. The summed E-state index contributed by atoms with van der Waals surface area (Å²) >= 11 is 5.84. The highest BCUT2D eigenvalue weighted by Crippen LogP contribution is 2.54. The van der Waals surface area contributed by atoms with Crippen LogP contribution in [0, 0.1) is 29.5 Å². The van der Waals surface area contributed by atoms with Crippen LogP contribution in [0.1, 0.15) is 60.6 Å². The number of amides is 1. The summed E-state index contributed by atoms with van der Waals surface area (Å²) in [6.07, 6.45) is 5.29. The smallest absolute Gasteiger partial charge is 0.274 e. The van der Waals surface area contributed by atoms with Crippen LogP contribution >= 0.6 is 11.6 Å². The van der Waals surface area contributed by atoms with Gasteiger partial charge in [-0.05, 0) is 55.7 Å². The number of hydrogen-bond acceptors (Lipinski definition) is 6. The molecule has 0 aliphatic heterocycles. The molecule has 198 valence electrons. The maximum atomic E-state index is 13.5. The molecule has 1 aromatic heterocycles. The van der Waals surface area contributed by atoms with E-state index >= 15 is 0 Å². The van der Waals surface area contributed by atoms with Crippen LogP contribution in [0.5, 0.6) is 0 Å². The minimum atomic E-state index is -3.21. The molecule has 1 heterocycles. The Kier molecular flexibility index (Phi) is 6.43. The quantitative estimate of drug-likeness (QED) is 0.504. The molecule has 2 atom stereocenters. The molecule has 1 aromatic carbocycles. The van der Waals surface area contributed by atoms with Crippen molar-refractivity contribution in [1.29, 1.82) is 0 Å². The van der Waals surface area contributed by atoms with Gasteiger partial charge in [-0.2, -0.15) is 0 Å². The van der Waals surface area contributed by atoms with E-state index in [0.717, 1.165) is 19.1 Å². The second kappa shape index (κ2) is 9.09. The summed E-state index contributed by atoms with van der Waals surface area (Å²) in [5.41, 5.74) is -1.10. The van der Waals surface area contributed by atoms with Crippen LogP contribution in [0.15, 0.2) is 24.5 Å². The molecule has 1 amide bonds. The maximum absolute atomic E-state index is 13.5. The standard InChI is InChI=1S/C26H29ClFN3O5S/c1-31-14-29-22(23(31)24(32)30-18-3-4-21(28)20(27)9-18)15-7-16-10-25(33,11-17(16)8-15)5-6-26(34)12-19(13-26)37(2,35)36/h3-4,9,14-17,19,33-34H,7-8,10-13H2,1-2H3,(H,30,32). The zero-order valence-electron chi connectivity index (χ0n) is 20.5. The lowest BCUT2D eigenvalue weighted by Crippen LogP contribution is -2.49. The minimum absolute atomic E-state index is 0.0394. The van der Waals surface area contributed by atoms with Crippen LogP contribution in [0.2, 0.25) is 5.02 Å². The Morgan fingerprint density at radius 1 is 1.16 bits per heavy atom. The van der Waals surface area contributed by atoms with Crippen molar-refractivity contribution in [3.05, 3.63) is 46.8 Å². The molecule has 8 nitrogen and oxygen atoms in total. The number of halogens is 2. The maximum Gasteiger partial charge on any atom is 0.274 e. The van der Waals surface area contributed by atoms with Crippen molar-refractivity contribution in [1.82, 2.24) is 9.55 Å². The van der Waals surface area contributed by atoms with Gasteiger partial charge in [0, 0.05) is 37.8 Å². The van der Waals surface area contributed by atoms with Crippen LogP contribution in [-0.4, -0.2) is 56.8 Å². The summed E-state index contributed by atoms with van der Waals surface area (Å²) in [5, 5.41) is 23.7. The molecule has 3 saturated carbocycles. The number of anilines is 1. The molecule has 2 unspecified atom stereocenters. The van der Waals surface area contributed by atoms with Gasteiger partial charge < -0.3 is 20.1 Å². The second-order valence-corrected chi connectivity index (χ2v) is 13.7. The van der Waals surface area contributed by atoms with Gasteiger partial charge in [0.2, 0.25) is 0 Å². The lowest BCUT2D eigenvalue weighted by atomic mass is 9.79. The molecule has 3 aliphatic carbocycles. The number of aliphatic hydroxyl groups is 2. The number of aryl methyl sites for hydroxylation is 1. The summed E-state index contributed by atoms with van der Waals surface area (Å²) in [6, 6.07) is 3.99. The number of carbonyl (C=O) groups is 1. The molecule has 2 aromatic rings. The van der Waals surface area contributed by atoms with E-state index in [9.17, 15) is 27.8 Å². The van der Waals surface area contributed by atoms with Crippen molar-refractivity contribution in [2.24, 2.45) is 18.9 Å². The largest absolute Gasteiger partial charge is 0.378 e. The number of sulfone groups is 1. The zero-order chi connectivity index (χ0) is 26.8. The van der Waals surface area contributed by atoms with E-state index in [1.54, 1.807) is 17.9 Å². The lowest BCUT2D eigenvalue weighted by molar-refractivity contribution is 0.0254. The van der Waals surface area contributed by atoms with Gasteiger partial charge in [-0.1, -0.05) is 23.4 Å². The molecule has 0 radical (unpaired) electrons. The first-order valence-corrected chi connectivity index (χ1v) is 14.5. The number of hydrogen-bond donors (Lipinski definition) is 3. The van der Waals surface area contributed by atoms with Gasteiger partial charge in [0.15, 0.2) is 9.84 Å². The Hall–Kier alpha value is -2.45. The first kappa shape index (κ1) is 26.2. The summed E-state index contributed by atoms with van der Waals surface area (Å²) in [4.78, 5) is 17.6. The first-order chi connectivity index (χ1) is 17.3. The second-order valence-electron chi connectivity index (χ2n) is 10.9. The number of nitrogens with zero attached hydrogens (tertiary/aromatic N) is 2. The third kappa shape index (κ3) is 5.15. The van der Waals surface area contributed by atoms with E-state index in [0.29, 0.717) is 29.9 Å². The summed E-state index contributed by atoms with van der Waals surface area (Å²) in [5.74, 6) is 5.12. The normalized spacial score (nSPS) is 32.8. The topological polar surface area (TPSA) is 122 Å². The summed E-state index contributed by atoms with van der Waals surface area (Å²) in [7, 11) is -1.47. The molecular formula is C26H29ClFN3O5S. The van der Waals surface area contributed by atoms with Crippen LogP contribution in [-0.2, 0) is 16.9 Å². The monoisotopic (exact) mass is 549 g/mol. The van der Waals surface area contributed by atoms with Crippen LogP contribution in [0.4, 0.5) is 10.1 Å². The van der Waals surface area contributed by atoms with Crippen molar-refractivity contribution in [3.63, 3.8) is 0 Å². The van der Waals surface area contributed by atoms with Crippen LogP contribution in [0.3, 0.4) is 0 Å². The molecule has 3 aliphatic rings. The van der Waals surface area contributed by atoms with Crippen molar-refractivity contribution < 1.29 is 27.8 Å². The molecule has 5 rings (SSSR count). The number of benzene rings is 1. The van der Waals surface area contributed by atoms with Gasteiger partial charge >= 0.3 is 0 Å². The van der Waals surface area contributed by atoms with E-state index < -0.39 is 32.1 Å². The van der Waals surface area contributed by atoms with E-state index in [2.05, 4.69) is 22.1 Å². The van der Waals surface area contributed by atoms with Crippen molar-refractivity contribution in [2.75, 3.05) is 11.6 Å². The van der Waals surface area contributed by atoms with Gasteiger partial charge in [-0.15, -0.1) is 0 Å². The number of carbonyl (C=O) groups excluding carboxylic acids is 1. The highest BCUT2D eigenvalue weighted by atomic mass is 35.5. The van der Waals surface area contributed by atoms with Crippen LogP contribution < -0.4 is 5.32 Å². The highest BCUT2D eigenvalue weighted by Gasteiger charge is 2.51. The van der Waals surface area contributed by atoms with Gasteiger partial charge in [-0.3, -0.25) is 4.79 Å². The Labute approximate surface area is 220 Å². The number of aromatic nitrogens is 2. The highest BCUT2D eigenvalue weighted by molar-refractivity contribution is 7.91. The van der Waals surface area contributed by atoms with Crippen molar-refractivity contribution in [3.8, 4) is 11.8 Å². The Morgan fingerprint density at radius 3 is 2.32 bits per heavy atom. The van der Waals surface area contributed by atoms with Gasteiger partial charge in [-0.25, -0.2) is 17.8 Å². The molecule has 3 fully saturated rings. The molecular weight excluding hydrogens is 521 g/mol. The van der Waals surface area contributed by atoms with E-state index in [-0.39, 0.29) is 41.5 Å². The van der Waals surface area contributed by atoms with Crippen LogP contribution in [0.25, 0.3) is 0 Å². The SMILES string of the molecule is Cn1cnc(C2CC3CC(O)(C#CC4(O)CC(S(C)(=O)=O)C4)CC3C2)c1C(=O)Nc1ccc(F)c(Cl)c1. The van der Waals surface area contributed by atoms with Gasteiger partial charge in [0.05, 0.1) is 22.3 Å². The lowest BCUT2D eigenvalue weighted by Gasteiger charge is -2.38. The first-order valence-electron chi connectivity index (χ1n) is 12.2. The Bertz CT molecular complexity index is 1410. The zero-order valence-corrected chi connectivity index (χ0v) is 22.1. The predicted molar refractivity (Wildman–Crippen MR) is 136 cm³/mol. The minimum Gasteiger partial charge on any atom is -0.378 e. The third-order valence-corrected chi connectivity index (χ3v) is 9.88. The fraction of sp³-hybridized carbons (Fsp3) is 0.538. The summed E-state index contributed by atoms with van der Waals surface area (Å²) < 4.78 is 38.4. The van der Waals surface area contributed by atoms with E-state index in [1.165, 1.54) is 18.2 Å². The number of nitrogens with one attached hydrogen (secondary N) is 1. The fourth-order valence-electron chi connectivity index (χ4n) is 6.11. The molecule has 0 saturated heterocycles. The van der Waals surface area contributed by atoms with E-state index in [1.807, 2.05) is 0 Å². The molecule has 37 heavy (non-hydrogen) atoms. The van der Waals surface area contributed by atoms with Gasteiger partial charge in [0.1, 0.15) is 22.7 Å². The molecule has 0 spiro atoms. The van der Waals surface area contributed by atoms with Crippen molar-refractivity contribution >= 4 is 33.0 Å². The Morgan fingerprint density at radius 2 is 1.76 bits per heavy atom. The predicted octanol–water partition coefficient (Wildman–Crippen LogP) is 3.04. The molecule has 0 bridgehead atoms. The average molecular weight is 550 g/mol. The Balaban J connectivity index is 1.25. The fourth-order valence-corrected chi connectivity index (χ4v) is 7.44. The number of rotatable bonds is 4. The summed E-state index contributed by atoms with van der Waals surface area (Å²) in [6.45, 7) is 0. The van der Waals surface area contributed by atoms with Gasteiger partial charge in [0.25, 0.3) is 5.91 Å². The number of imidazole rings is 1. The third-order valence-electron chi connectivity index (χ3n) is 8.05. The van der Waals surface area contributed by atoms with E-state index in [4.69, 9.17) is 11.6 Å². The molecule has 3 N–H and O–H groups in total. The molecule has 11 heteroatoms. The van der Waals surface area contributed by atoms with Crippen molar-refractivity contribution in [2.45, 2.75) is 60.9 Å².